The number of carbonyl (C=O) groups excluding carboxylic acids is 1. The lowest BCUT2D eigenvalue weighted by Gasteiger charge is -2.20. The van der Waals surface area contributed by atoms with Gasteiger partial charge in [0.25, 0.3) is 0 Å². The molecule has 0 unspecified atom stereocenters. The second-order valence-electron chi connectivity index (χ2n) is 6.70. The van der Waals surface area contributed by atoms with Crippen molar-refractivity contribution in [3.05, 3.63) is 60.2 Å². The van der Waals surface area contributed by atoms with Gasteiger partial charge in [0, 0.05) is 18.1 Å². The van der Waals surface area contributed by atoms with Crippen LogP contribution in [0.1, 0.15) is 44.1 Å². The van der Waals surface area contributed by atoms with Gasteiger partial charge in [0.1, 0.15) is 17.2 Å². The van der Waals surface area contributed by atoms with Crippen LogP contribution in [-0.4, -0.2) is 23.1 Å². The Hall–Kier alpha value is -3.02. The van der Waals surface area contributed by atoms with Gasteiger partial charge in [-0.2, -0.15) is 0 Å². The molecule has 28 heavy (non-hydrogen) atoms. The van der Waals surface area contributed by atoms with Crippen LogP contribution in [0.15, 0.2) is 57.7 Å². The first-order chi connectivity index (χ1) is 13.7. The van der Waals surface area contributed by atoms with Gasteiger partial charge < -0.3 is 18.6 Å². The molecule has 0 aliphatic carbocycles. The summed E-state index contributed by atoms with van der Waals surface area (Å²) in [6, 6.07) is 13.1. The largest absolute Gasteiger partial charge is 0.497 e. The molecule has 6 nitrogen and oxygen atoms in total. The van der Waals surface area contributed by atoms with Crippen molar-refractivity contribution in [1.29, 1.82) is 0 Å². The van der Waals surface area contributed by atoms with Crippen molar-refractivity contribution in [3.8, 4) is 17.1 Å². The number of methoxy groups -OCH3 is 1. The van der Waals surface area contributed by atoms with Gasteiger partial charge >= 0.3 is 0 Å². The average Bonchev–Trinajstić information content (AvgIpc) is 3.40. The highest BCUT2D eigenvalue weighted by Crippen LogP contribution is 2.24. The average molecular weight is 382 g/mol. The molecule has 0 fully saturated rings. The van der Waals surface area contributed by atoms with E-state index in [1.165, 1.54) is 0 Å². The second-order valence-corrected chi connectivity index (χ2v) is 6.70. The maximum atomic E-state index is 12.7. The van der Waals surface area contributed by atoms with E-state index >= 15 is 0 Å². The van der Waals surface area contributed by atoms with Crippen LogP contribution >= 0.6 is 0 Å². The minimum Gasteiger partial charge on any atom is -0.497 e. The van der Waals surface area contributed by atoms with Crippen LogP contribution in [0.25, 0.3) is 11.3 Å². The fourth-order valence-electron chi connectivity index (χ4n) is 2.98. The summed E-state index contributed by atoms with van der Waals surface area (Å²) in [6.07, 6.45) is 5.16. The SMILES string of the molecule is CCCCCC(=O)N(Cc1cc(-c2ccc(OC)cc2)on1)Cc1ccco1. The molecular weight excluding hydrogens is 356 g/mol. The monoisotopic (exact) mass is 382 g/mol. The number of benzene rings is 1. The zero-order valence-electron chi connectivity index (χ0n) is 16.4. The van der Waals surface area contributed by atoms with E-state index in [2.05, 4.69) is 12.1 Å². The molecule has 0 bridgehead atoms. The summed E-state index contributed by atoms with van der Waals surface area (Å²) in [4.78, 5) is 14.5. The van der Waals surface area contributed by atoms with Crippen LogP contribution in [-0.2, 0) is 17.9 Å². The van der Waals surface area contributed by atoms with E-state index in [-0.39, 0.29) is 5.91 Å². The normalized spacial score (nSPS) is 10.8. The number of ether oxygens (including phenoxy) is 1. The van der Waals surface area contributed by atoms with Crippen LogP contribution in [0.5, 0.6) is 5.75 Å². The van der Waals surface area contributed by atoms with Crippen molar-refractivity contribution < 1.29 is 18.5 Å². The standard InChI is InChI=1S/C22H26N2O4/c1-3-4-5-8-22(25)24(16-20-7-6-13-27-20)15-18-14-21(28-23-18)17-9-11-19(26-2)12-10-17/h6-7,9-14H,3-5,8,15-16H2,1-2H3. The Morgan fingerprint density at radius 2 is 1.96 bits per heavy atom. The van der Waals surface area contributed by atoms with Crippen LogP contribution in [0, 0.1) is 0 Å². The van der Waals surface area contributed by atoms with Crippen molar-refractivity contribution in [2.24, 2.45) is 0 Å². The molecule has 148 valence electrons. The number of aromatic nitrogens is 1. The molecule has 0 spiro atoms. The van der Waals surface area contributed by atoms with Crippen LogP contribution < -0.4 is 4.74 Å². The van der Waals surface area contributed by atoms with Crippen LogP contribution in [0.3, 0.4) is 0 Å². The Labute approximate surface area is 165 Å². The third-order valence-corrected chi connectivity index (χ3v) is 4.56. The van der Waals surface area contributed by atoms with Gasteiger partial charge in [0.15, 0.2) is 5.76 Å². The van der Waals surface area contributed by atoms with Crippen LogP contribution in [0.2, 0.25) is 0 Å². The first kappa shape index (κ1) is 19.7. The van der Waals surface area contributed by atoms with E-state index < -0.39 is 0 Å². The fraction of sp³-hybridized carbons (Fsp3) is 0.364. The van der Waals surface area contributed by atoms with Gasteiger partial charge in [0.05, 0.1) is 26.5 Å². The predicted octanol–water partition coefficient (Wildman–Crippen LogP) is 5.05. The highest BCUT2D eigenvalue weighted by Gasteiger charge is 2.18. The Morgan fingerprint density at radius 1 is 1.14 bits per heavy atom. The van der Waals surface area contributed by atoms with Crippen molar-refractivity contribution in [3.63, 3.8) is 0 Å². The molecular formula is C22H26N2O4. The van der Waals surface area contributed by atoms with Gasteiger partial charge in [0.2, 0.25) is 5.91 Å². The third kappa shape index (κ3) is 5.25. The molecule has 0 aliphatic heterocycles. The molecule has 1 aromatic carbocycles. The summed E-state index contributed by atoms with van der Waals surface area (Å²) in [5.41, 5.74) is 1.62. The molecule has 2 aromatic heterocycles. The lowest BCUT2D eigenvalue weighted by Crippen LogP contribution is -2.29. The van der Waals surface area contributed by atoms with Crippen LogP contribution in [0.4, 0.5) is 0 Å². The summed E-state index contributed by atoms with van der Waals surface area (Å²) in [5, 5.41) is 4.15. The number of hydrogen-bond donors (Lipinski definition) is 0. The van der Waals surface area contributed by atoms with E-state index in [0.29, 0.717) is 31.0 Å². The molecule has 3 aromatic rings. The molecule has 3 rings (SSSR count). The van der Waals surface area contributed by atoms with Crippen molar-refractivity contribution in [1.82, 2.24) is 10.1 Å². The molecule has 0 saturated heterocycles. The molecule has 6 heteroatoms. The van der Waals surface area contributed by atoms with Gasteiger partial charge in [-0.1, -0.05) is 24.9 Å². The van der Waals surface area contributed by atoms with Gasteiger partial charge in [-0.25, -0.2) is 0 Å². The molecule has 0 atom stereocenters. The number of nitrogens with zero attached hydrogens (tertiary/aromatic N) is 2. The first-order valence-corrected chi connectivity index (χ1v) is 9.59. The summed E-state index contributed by atoms with van der Waals surface area (Å²) in [6.45, 7) is 2.93. The van der Waals surface area contributed by atoms with Crippen molar-refractivity contribution in [2.75, 3.05) is 7.11 Å². The molecule has 0 aliphatic rings. The summed E-state index contributed by atoms with van der Waals surface area (Å²) < 4.78 is 16.1. The Bertz CT molecular complexity index is 853. The predicted molar refractivity (Wildman–Crippen MR) is 106 cm³/mol. The molecule has 0 saturated carbocycles. The number of furan rings is 1. The Kier molecular flexibility index (Phi) is 6.89. The second kappa shape index (κ2) is 9.78. The summed E-state index contributed by atoms with van der Waals surface area (Å²) >= 11 is 0. The smallest absolute Gasteiger partial charge is 0.223 e. The van der Waals surface area contributed by atoms with E-state index in [4.69, 9.17) is 13.7 Å². The van der Waals surface area contributed by atoms with E-state index in [9.17, 15) is 4.79 Å². The zero-order chi connectivity index (χ0) is 19.8. The Morgan fingerprint density at radius 3 is 2.64 bits per heavy atom. The maximum Gasteiger partial charge on any atom is 0.223 e. The highest BCUT2D eigenvalue weighted by atomic mass is 16.5. The highest BCUT2D eigenvalue weighted by molar-refractivity contribution is 5.76. The number of amides is 1. The lowest BCUT2D eigenvalue weighted by atomic mass is 10.1. The fourth-order valence-corrected chi connectivity index (χ4v) is 2.98. The van der Waals surface area contributed by atoms with Crippen molar-refractivity contribution in [2.45, 2.75) is 45.7 Å². The van der Waals surface area contributed by atoms with Crippen molar-refractivity contribution >= 4 is 5.91 Å². The van der Waals surface area contributed by atoms with E-state index in [0.717, 1.165) is 36.3 Å². The van der Waals surface area contributed by atoms with Gasteiger partial charge in [-0.15, -0.1) is 0 Å². The molecule has 1 amide bonds. The first-order valence-electron chi connectivity index (χ1n) is 9.59. The lowest BCUT2D eigenvalue weighted by molar-refractivity contribution is -0.132. The quantitative estimate of drug-likeness (QED) is 0.459. The van der Waals surface area contributed by atoms with Gasteiger partial charge in [-0.3, -0.25) is 4.79 Å². The van der Waals surface area contributed by atoms with E-state index in [1.807, 2.05) is 42.5 Å². The summed E-state index contributed by atoms with van der Waals surface area (Å²) in [7, 11) is 1.63. The number of unbranched alkanes of at least 4 members (excludes halogenated alkanes) is 2. The number of hydrogen-bond acceptors (Lipinski definition) is 5. The number of carbonyl (C=O) groups is 1. The molecule has 2 heterocycles. The molecule has 0 radical (unpaired) electrons. The number of rotatable bonds is 10. The van der Waals surface area contributed by atoms with E-state index in [1.54, 1.807) is 18.3 Å². The minimum atomic E-state index is 0.0962. The maximum absolute atomic E-state index is 12.7. The third-order valence-electron chi connectivity index (χ3n) is 4.56. The zero-order valence-corrected chi connectivity index (χ0v) is 16.4. The molecule has 0 N–H and O–H groups in total. The minimum absolute atomic E-state index is 0.0962. The topological polar surface area (TPSA) is 68.7 Å². The van der Waals surface area contributed by atoms with Gasteiger partial charge in [-0.05, 0) is 42.8 Å². The summed E-state index contributed by atoms with van der Waals surface area (Å²) in [5.74, 6) is 2.29. The Balaban J connectivity index is 1.70.